The van der Waals surface area contributed by atoms with E-state index < -0.39 is 58.0 Å². The predicted octanol–water partition coefficient (Wildman–Crippen LogP) is 2.22. The Hall–Kier alpha value is -4.15. The molecule has 1 amide bonds. The molecule has 10 heteroatoms. The summed E-state index contributed by atoms with van der Waals surface area (Å²) >= 11 is 0. The maximum Gasteiger partial charge on any atom is 0.255 e. The lowest BCUT2D eigenvalue weighted by Gasteiger charge is -2.50. The predicted molar refractivity (Wildman–Crippen MR) is 143 cm³/mol. The summed E-state index contributed by atoms with van der Waals surface area (Å²) in [5.41, 5.74) is 4.80. The number of aliphatic hydroxyl groups is 3. The Morgan fingerprint density at radius 2 is 1.77 bits per heavy atom. The standard InChI is InChI=1S/C29H31N3O7/c1-4-31-15-7-5-13(6-8-15)16-9-10-19(33)21-17(16)11-14-12-18-23(32(2)3)25(35)22(28(30)38)27(37)29(18,39)26(36)20(14)24(21)34/h5-10,14,18,23,31,33,35-36,39H,4,11-12H2,1-3H3,(H2,30,38)/t14-,18-,23-,29-/m0/s1. The average Bonchev–Trinajstić information content (AvgIpc) is 2.87. The van der Waals surface area contributed by atoms with Gasteiger partial charge in [-0.2, -0.15) is 0 Å². The van der Waals surface area contributed by atoms with Gasteiger partial charge in [0.2, 0.25) is 5.78 Å². The number of aliphatic hydroxyl groups excluding tert-OH is 2. The number of carbonyl (C=O) groups is 3. The fourth-order valence-electron chi connectivity index (χ4n) is 6.49. The lowest BCUT2D eigenvalue weighted by atomic mass is 9.58. The fourth-order valence-corrected chi connectivity index (χ4v) is 6.49. The van der Waals surface area contributed by atoms with Crippen molar-refractivity contribution in [2.45, 2.75) is 31.4 Å². The smallest absolute Gasteiger partial charge is 0.255 e. The molecule has 7 N–H and O–H groups in total. The van der Waals surface area contributed by atoms with Gasteiger partial charge in [-0.25, -0.2) is 0 Å². The molecule has 2 aromatic rings. The molecule has 5 rings (SSSR count). The topological polar surface area (TPSA) is 173 Å². The quantitative estimate of drug-likeness (QED) is 0.315. The molecule has 3 aliphatic rings. The lowest BCUT2D eigenvalue weighted by Crippen LogP contribution is -2.63. The number of benzene rings is 2. The Balaban J connectivity index is 1.68. The summed E-state index contributed by atoms with van der Waals surface area (Å²) in [5, 5.41) is 47.9. The Morgan fingerprint density at radius 1 is 1.10 bits per heavy atom. The molecule has 204 valence electrons. The highest BCUT2D eigenvalue weighted by Crippen LogP contribution is 2.53. The summed E-state index contributed by atoms with van der Waals surface area (Å²) in [5.74, 6) is -6.65. The number of carbonyl (C=O) groups excluding carboxylic acids is 3. The van der Waals surface area contributed by atoms with Crippen molar-refractivity contribution in [2.24, 2.45) is 17.6 Å². The van der Waals surface area contributed by atoms with Crippen molar-refractivity contribution in [3.05, 3.63) is 70.2 Å². The van der Waals surface area contributed by atoms with Crippen molar-refractivity contribution >= 4 is 23.2 Å². The third-order valence-corrected chi connectivity index (χ3v) is 8.18. The number of phenols is 1. The first-order valence-electron chi connectivity index (χ1n) is 12.8. The number of nitrogens with one attached hydrogen (secondary N) is 1. The number of ketones is 2. The zero-order chi connectivity index (χ0) is 28.4. The zero-order valence-electron chi connectivity index (χ0n) is 21.9. The van der Waals surface area contributed by atoms with Gasteiger partial charge in [-0.3, -0.25) is 19.3 Å². The Labute approximate surface area is 225 Å². The van der Waals surface area contributed by atoms with Crippen LogP contribution in [0.4, 0.5) is 5.69 Å². The van der Waals surface area contributed by atoms with Crippen molar-refractivity contribution < 1.29 is 34.8 Å². The van der Waals surface area contributed by atoms with Gasteiger partial charge < -0.3 is 31.5 Å². The number of anilines is 1. The Kier molecular flexibility index (Phi) is 6.27. The minimum absolute atomic E-state index is 0.0101. The molecule has 10 nitrogen and oxygen atoms in total. The summed E-state index contributed by atoms with van der Waals surface area (Å²) in [4.78, 5) is 40.9. The molecule has 0 unspecified atom stereocenters. The van der Waals surface area contributed by atoms with Gasteiger partial charge in [-0.05, 0) is 74.7 Å². The van der Waals surface area contributed by atoms with Gasteiger partial charge in [-0.15, -0.1) is 0 Å². The van der Waals surface area contributed by atoms with E-state index >= 15 is 0 Å². The largest absolute Gasteiger partial charge is 0.510 e. The number of likely N-dealkylation sites (N-methyl/N-ethyl adjacent to an activating group) is 1. The number of hydrogen-bond donors (Lipinski definition) is 6. The lowest BCUT2D eigenvalue weighted by molar-refractivity contribution is -0.148. The van der Waals surface area contributed by atoms with Crippen LogP contribution in [0.25, 0.3) is 11.1 Å². The van der Waals surface area contributed by atoms with E-state index in [0.29, 0.717) is 5.56 Å². The number of rotatable bonds is 5. The maximum atomic E-state index is 13.8. The van der Waals surface area contributed by atoms with E-state index in [1.54, 1.807) is 20.2 Å². The number of Topliss-reactive ketones (excluding diaryl/α,β-unsaturated/α-hetero) is 2. The number of phenolic OH excluding ortho intramolecular Hbond substituents is 1. The molecule has 3 aliphatic carbocycles. The van der Waals surface area contributed by atoms with E-state index in [1.165, 1.54) is 11.0 Å². The second-order valence-electron chi connectivity index (χ2n) is 10.6. The number of amides is 1. The van der Waals surface area contributed by atoms with Crippen molar-refractivity contribution in [1.29, 1.82) is 0 Å². The summed E-state index contributed by atoms with van der Waals surface area (Å²) in [6.07, 6.45) is 0.271. The molecule has 0 bridgehead atoms. The van der Waals surface area contributed by atoms with Gasteiger partial charge >= 0.3 is 0 Å². The van der Waals surface area contributed by atoms with E-state index in [1.807, 2.05) is 31.2 Å². The van der Waals surface area contributed by atoms with Crippen LogP contribution in [0.2, 0.25) is 0 Å². The number of nitrogens with two attached hydrogens (primary N) is 1. The molecular weight excluding hydrogens is 502 g/mol. The highest BCUT2D eigenvalue weighted by molar-refractivity contribution is 6.24. The number of nitrogens with zero attached hydrogens (tertiary/aromatic N) is 1. The van der Waals surface area contributed by atoms with Gasteiger partial charge in [0, 0.05) is 23.7 Å². The normalized spacial score (nSPS) is 26.3. The van der Waals surface area contributed by atoms with E-state index in [2.05, 4.69) is 5.32 Å². The number of primary amides is 1. The van der Waals surface area contributed by atoms with Crippen LogP contribution in [-0.2, 0) is 16.0 Å². The maximum absolute atomic E-state index is 13.8. The molecule has 0 saturated carbocycles. The van der Waals surface area contributed by atoms with Gasteiger partial charge in [-0.1, -0.05) is 18.2 Å². The van der Waals surface area contributed by atoms with Gasteiger partial charge in [0.25, 0.3) is 5.91 Å². The number of fused-ring (bicyclic) bond motifs is 3. The van der Waals surface area contributed by atoms with Gasteiger partial charge in [0.05, 0.1) is 11.6 Å². The number of hydrogen-bond acceptors (Lipinski definition) is 9. The Morgan fingerprint density at radius 3 is 2.36 bits per heavy atom. The molecule has 2 aromatic carbocycles. The highest BCUT2D eigenvalue weighted by atomic mass is 16.3. The zero-order valence-corrected chi connectivity index (χ0v) is 21.9. The van der Waals surface area contributed by atoms with Gasteiger partial charge in [0.15, 0.2) is 11.4 Å². The van der Waals surface area contributed by atoms with Crippen molar-refractivity contribution in [3.8, 4) is 16.9 Å². The summed E-state index contributed by atoms with van der Waals surface area (Å²) < 4.78 is 0. The fraction of sp³-hybridized carbons (Fsp3) is 0.345. The molecule has 0 spiro atoms. The van der Waals surface area contributed by atoms with Crippen molar-refractivity contribution in [1.82, 2.24) is 4.90 Å². The third-order valence-electron chi connectivity index (χ3n) is 8.18. The van der Waals surface area contributed by atoms with E-state index in [0.717, 1.165) is 23.4 Å². The first-order chi connectivity index (χ1) is 18.4. The first kappa shape index (κ1) is 26.5. The molecule has 0 heterocycles. The average molecular weight is 534 g/mol. The van der Waals surface area contributed by atoms with Crippen LogP contribution in [0.1, 0.15) is 29.3 Å². The number of aromatic hydroxyl groups is 1. The molecule has 0 saturated heterocycles. The van der Waals surface area contributed by atoms with E-state index in [9.17, 15) is 34.8 Å². The van der Waals surface area contributed by atoms with Crippen LogP contribution >= 0.6 is 0 Å². The SMILES string of the molecule is CCNc1ccc(-c2ccc(O)c3c2C[C@H]2C[C@H]4[C@H](N(C)C)C(O)=C(C(N)=O)C(=O)[C@@]4(O)C(O)=C2C3=O)cc1. The first-order valence-corrected chi connectivity index (χ1v) is 12.8. The minimum atomic E-state index is -2.65. The monoisotopic (exact) mass is 533 g/mol. The second kappa shape index (κ2) is 9.25. The van der Waals surface area contributed by atoms with Crippen molar-refractivity contribution in [3.63, 3.8) is 0 Å². The van der Waals surface area contributed by atoms with Crippen LogP contribution in [-0.4, -0.2) is 75.1 Å². The highest BCUT2D eigenvalue weighted by Gasteiger charge is 2.63. The van der Waals surface area contributed by atoms with Crippen molar-refractivity contribution in [2.75, 3.05) is 26.0 Å². The minimum Gasteiger partial charge on any atom is -0.510 e. The van der Waals surface area contributed by atoms with Crippen LogP contribution in [0, 0.1) is 11.8 Å². The molecule has 0 aromatic heterocycles. The van der Waals surface area contributed by atoms with Crippen LogP contribution < -0.4 is 11.1 Å². The summed E-state index contributed by atoms with van der Waals surface area (Å²) in [6.45, 7) is 2.75. The van der Waals surface area contributed by atoms with Crippen LogP contribution in [0.5, 0.6) is 5.75 Å². The number of allylic oxidation sites excluding steroid dienone is 1. The third kappa shape index (κ3) is 3.74. The molecular formula is C29H31N3O7. The van der Waals surface area contributed by atoms with Crippen LogP contribution in [0.3, 0.4) is 0 Å². The van der Waals surface area contributed by atoms with Gasteiger partial charge in [0.1, 0.15) is 22.8 Å². The second-order valence-corrected chi connectivity index (χ2v) is 10.6. The molecule has 0 radical (unpaired) electrons. The molecule has 0 fully saturated rings. The molecule has 0 aliphatic heterocycles. The van der Waals surface area contributed by atoms with Crippen LogP contribution in [0.15, 0.2) is 59.1 Å². The summed E-state index contributed by atoms with van der Waals surface area (Å²) in [6, 6.07) is 9.77. The molecule has 39 heavy (non-hydrogen) atoms. The molecule has 4 atom stereocenters. The summed E-state index contributed by atoms with van der Waals surface area (Å²) in [7, 11) is 3.20. The Bertz CT molecular complexity index is 1470. The van der Waals surface area contributed by atoms with E-state index in [-0.39, 0.29) is 29.7 Å². The van der Waals surface area contributed by atoms with E-state index in [4.69, 9.17) is 5.73 Å².